The van der Waals surface area contributed by atoms with E-state index in [4.69, 9.17) is 9.47 Å². The molecular weight excluding hydrogens is 450 g/mol. The first-order valence-electron chi connectivity index (χ1n) is 9.73. The maximum absolute atomic E-state index is 12.8. The van der Waals surface area contributed by atoms with Crippen molar-refractivity contribution in [2.24, 2.45) is 0 Å². The second-order valence-electron chi connectivity index (χ2n) is 6.69. The Bertz CT molecular complexity index is 1280. The van der Waals surface area contributed by atoms with Crippen molar-refractivity contribution in [2.75, 3.05) is 23.8 Å². The number of anilines is 2. The number of nitro benzene ring substituents is 1. The van der Waals surface area contributed by atoms with Crippen molar-refractivity contribution < 1.29 is 27.6 Å². The second-order valence-corrected chi connectivity index (χ2v) is 8.37. The number of carbonyl (C=O) groups is 1. The van der Waals surface area contributed by atoms with Gasteiger partial charge in [-0.1, -0.05) is 6.07 Å². The molecule has 0 fully saturated rings. The average molecular weight is 471 g/mol. The van der Waals surface area contributed by atoms with Gasteiger partial charge < -0.3 is 14.8 Å². The molecule has 0 aliphatic rings. The third-order valence-electron chi connectivity index (χ3n) is 4.47. The van der Waals surface area contributed by atoms with Crippen LogP contribution in [0.1, 0.15) is 17.3 Å². The van der Waals surface area contributed by atoms with Crippen LogP contribution in [0.2, 0.25) is 0 Å². The standard InChI is InChI=1S/C22H21N3O7S/c1-3-32-18-6-4-5-16(13-18)23-22(26)15-7-10-19(11-8-15)33(29,30)24-20-14-17(25(27)28)9-12-21(20)31-2/h4-14,24H,3H2,1-2H3,(H,23,26). The number of sulfonamides is 1. The van der Waals surface area contributed by atoms with Gasteiger partial charge in [0.1, 0.15) is 11.5 Å². The monoisotopic (exact) mass is 471 g/mol. The fourth-order valence-corrected chi connectivity index (χ4v) is 3.97. The van der Waals surface area contributed by atoms with E-state index >= 15 is 0 Å². The van der Waals surface area contributed by atoms with Gasteiger partial charge in [-0.3, -0.25) is 19.6 Å². The average Bonchev–Trinajstić information content (AvgIpc) is 2.79. The summed E-state index contributed by atoms with van der Waals surface area (Å²) in [5, 5.41) is 13.7. The molecule has 1 amide bonds. The lowest BCUT2D eigenvalue weighted by atomic mass is 10.2. The zero-order valence-electron chi connectivity index (χ0n) is 17.8. The largest absolute Gasteiger partial charge is 0.495 e. The van der Waals surface area contributed by atoms with Crippen molar-refractivity contribution in [1.29, 1.82) is 0 Å². The molecule has 0 saturated carbocycles. The highest BCUT2D eigenvalue weighted by atomic mass is 32.2. The Morgan fingerprint density at radius 3 is 2.42 bits per heavy atom. The summed E-state index contributed by atoms with van der Waals surface area (Å²) >= 11 is 0. The summed E-state index contributed by atoms with van der Waals surface area (Å²) in [4.78, 5) is 22.8. The molecule has 0 radical (unpaired) electrons. The molecule has 33 heavy (non-hydrogen) atoms. The van der Waals surface area contributed by atoms with E-state index < -0.39 is 20.9 Å². The molecule has 172 valence electrons. The Hall–Kier alpha value is -4.12. The molecule has 0 spiro atoms. The Kier molecular flexibility index (Phi) is 7.13. The van der Waals surface area contributed by atoms with Gasteiger partial charge in [-0.25, -0.2) is 8.42 Å². The van der Waals surface area contributed by atoms with E-state index in [1.165, 1.54) is 43.5 Å². The number of nitrogens with one attached hydrogen (secondary N) is 2. The number of methoxy groups -OCH3 is 1. The van der Waals surface area contributed by atoms with Crippen molar-refractivity contribution in [3.05, 3.63) is 82.4 Å². The molecule has 0 aliphatic heterocycles. The van der Waals surface area contributed by atoms with Crippen LogP contribution in [-0.2, 0) is 10.0 Å². The molecule has 0 aromatic heterocycles. The first-order chi connectivity index (χ1) is 15.7. The number of nitro groups is 1. The summed E-state index contributed by atoms with van der Waals surface area (Å²) in [6.45, 7) is 2.34. The number of non-ortho nitro benzene ring substituents is 1. The number of benzene rings is 3. The van der Waals surface area contributed by atoms with E-state index in [1.807, 2.05) is 6.92 Å². The minimum Gasteiger partial charge on any atom is -0.495 e. The van der Waals surface area contributed by atoms with Gasteiger partial charge in [0, 0.05) is 29.4 Å². The molecule has 3 aromatic rings. The summed E-state index contributed by atoms with van der Waals surface area (Å²) in [5.74, 6) is 0.301. The minimum atomic E-state index is -4.10. The van der Waals surface area contributed by atoms with Gasteiger partial charge >= 0.3 is 0 Å². The fraction of sp³-hybridized carbons (Fsp3) is 0.136. The molecular formula is C22H21N3O7S. The Morgan fingerprint density at radius 1 is 1.06 bits per heavy atom. The van der Waals surface area contributed by atoms with Crippen LogP contribution in [0.4, 0.5) is 17.1 Å². The van der Waals surface area contributed by atoms with Crippen molar-refractivity contribution in [3.63, 3.8) is 0 Å². The van der Waals surface area contributed by atoms with Gasteiger partial charge in [-0.2, -0.15) is 0 Å². The summed E-state index contributed by atoms with van der Waals surface area (Å²) in [5.41, 5.74) is 0.391. The van der Waals surface area contributed by atoms with Gasteiger partial charge in [0.2, 0.25) is 0 Å². The molecule has 3 rings (SSSR count). The van der Waals surface area contributed by atoms with Crippen molar-refractivity contribution in [3.8, 4) is 11.5 Å². The summed E-state index contributed by atoms with van der Waals surface area (Å²) in [6.07, 6.45) is 0. The lowest BCUT2D eigenvalue weighted by molar-refractivity contribution is -0.384. The van der Waals surface area contributed by atoms with E-state index in [9.17, 15) is 23.3 Å². The summed E-state index contributed by atoms with van der Waals surface area (Å²) in [6, 6.07) is 15.7. The highest BCUT2D eigenvalue weighted by molar-refractivity contribution is 7.92. The van der Waals surface area contributed by atoms with E-state index in [-0.39, 0.29) is 27.6 Å². The Balaban J connectivity index is 1.78. The quantitative estimate of drug-likeness (QED) is 0.355. The normalized spacial score (nSPS) is 10.8. The molecule has 0 atom stereocenters. The van der Waals surface area contributed by atoms with Crippen LogP contribution in [0.25, 0.3) is 0 Å². The van der Waals surface area contributed by atoms with Gasteiger partial charge in [0.15, 0.2) is 0 Å². The first-order valence-corrected chi connectivity index (χ1v) is 11.2. The van der Waals surface area contributed by atoms with Crippen LogP contribution in [0.15, 0.2) is 71.6 Å². The van der Waals surface area contributed by atoms with Crippen LogP contribution in [0.3, 0.4) is 0 Å². The molecule has 0 unspecified atom stereocenters. The van der Waals surface area contributed by atoms with E-state index in [0.29, 0.717) is 18.0 Å². The molecule has 0 heterocycles. The number of rotatable bonds is 9. The van der Waals surface area contributed by atoms with Gasteiger partial charge in [-0.05, 0) is 49.4 Å². The fourth-order valence-electron chi connectivity index (χ4n) is 2.91. The molecule has 10 nitrogen and oxygen atoms in total. The number of hydrogen-bond donors (Lipinski definition) is 2. The van der Waals surface area contributed by atoms with Crippen molar-refractivity contribution in [2.45, 2.75) is 11.8 Å². The zero-order chi connectivity index (χ0) is 24.0. The predicted molar refractivity (Wildman–Crippen MR) is 122 cm³/mol. The summed E-state index contributed by atoms with van der Waals surface area (Å²) in [7, 11) is -2.79. The number of nitrogens with zero attached hydrogens (tertiary/aromatic N) is 1. The van der Waals surface area contributed by atoms with Crippen LogP contribution in [-0.4, -0.2) is 33.0 Å². The molecule has 2 N–H and O–H groups in total. The third-order valence-corrected chi connectivity index (χ3v) is 5.85. The van der Waals surface area contributed by atoms with Gasteiger partial charge in [0.05, 0.1) is 29.2 Å². The highest BCUT2D eigenvalue weighted by Crippen LogP contribution is 2.31. The van der Waals surface area contributed by atoms with Crippen LogP contribution >= 0.6 is 0 Å². The van der Waals surface area contributed by atoms with E-state index in [2.05, 4.69) is 10.0 Å². The molecule has 3 aromatic carbocycles. The van der Waals surface area contributed by atoms with Gasteiger partial charge in [-0.15, -0.1) is 0 Å². The minimum absolute atomic E-state index is 0.0808. The highest BCUT2D eigenvalue weighted by Gasteiger charge is 2.20. The van der Waals surface area contributed by atoms with Crippen molar-refractivity contribution >= 4 is 33.0 Å². The SMILES string of the molecule is CCOc1cccc(NC(=O)c2ccc(S(=O)(=O)Nc3cc([N+](=O)[O-])ccc3OC)cc2)c1. The number of carbonyl (C=O) groups excluding carboxylic acids is 1. The molecule has 0 saturated heterocycles. The topological polar surface area (TPSA) is 137 Å². The molecule has 0 aliphatic carbocycles. The van der Waals surface area contributed by atoms with Crippen molar-refractivity contribution in [1.82, 2.24) is 0 Å². The molecule has 11 heteroatoms. The van der Waals surface area contributed by atoms with Gasteiger partial charge in [0.25, 0.3) is 21.6 Å². The number of ether oxygens (including phenoxy) is 2. The maximum atomic E-state index is 12.8. The summed E-state index contributed by atoms with van der Waals surface area (Å²) < 4.78 is 38.3. The van der Waals surface area contributed by atoms with Crippen LogP contribution in [0, 0.1) is 10.1 Å². The first kappa shape index (κ1) is 23.5. The van der Waals surface area contributed by atoms with Crippen LogP contribution < -0.4 is 19.5 Å². The number of amides is 1. The smallest absolute Gasteiger partial charge is 0.271 e. The van der Waals surface area contributed by atoms with Crippen LogP contribution in [0.5, 0.6) is 11.5 Å². The Morgan fingerprint density at radius 2 is 1.79 bits per heavy atom. The third kappa shape index (κ3) is 5.77. The predicted octanol–water partition coefficient (Wildman–Crippen LogP) is 4.06. The lowest BCUT2D eigenvalue weighted by Crippen LogP contribution is -2.15. The number of hydrogen-bond acceptors (Lipinski definition) is 7. The maximum Gasteiger partial charge on any atom is 0.271 e. The van der Waals surface area contributed by atoms with E-state index in [0.717, 1.165) is 6.07 Å². The Labute approximate surface area is 190 Å². The van der Waals surface area contributed by atoms with E-state index in [1.54, 1.807) is 24.3 Å². The lowest BCUT2D eigenvalue weighted by Gasteiger charge is -2.12. The second kappa shape index (κ2) is 10.0. The zero-order valence-corrected chi connectivity index (χ0v) is 18.6. The molecule has 0 bridgehead atoms.